The molecule has 0 spiro atoms. The number of fused-ring (bicyclic) bond motifs is 4. The van der Waals surface area contributed by atoms with Gasteiger partial charge in [0.15, 0.2) is 0 Å². The van der Waals surface area contributed by atoms with Crippen molar-refractivity contribution in [2.45, 2.75) is 55.0 Å². The van der Waals surface area contributed by atoms with Crippen molar-refractivity contribution in [2.24, 2.45) is 5.92 Å². The van der Waals surface area contributed by atoms with Crippen LogP contribution in [0.2, 0.25) is 13.1 Å². The first-order valence-corrected chi connectivity index (χ1v) is 36.5. The predicted molar refractivity (Wildman–Crippen MR) is 246 cm³/mol. The Morgan fingerprint density at radius 3 is 1.70 bits per heavy atom. The molecule has 0 heterocycles. The molecule has 279 valence electrons. The molecule has 56 heavy (non-hydrogen) atoms. The Morgan fingerprint density at radius 2 is 1.05 bits per heavy atom. The third-order valence-electron chi connectivity index (χ3n) is 13.0. The number of hydrogen-bond acceptors (Lipinski definition) is 0. The van der Waals surface area contributed by atoms with E-state index in [1.807, 2.05) is 0 Å². The molecule has 0 saturated carbocycles. The molecule has 0 amide bonds. The van der Waals surface area contributed by atoms with Gasteiger partial charge >= 0.3 is 344 Å². The molecular weight excluding hydrogens is 815 g/mol. The molecule has 0 nitrogen and oxygen atoms in total. The fourth-order valence-electron chi connectivity index (χ4n) is 10.4. The summed E-state index contributed by atoms with van der Waals surface area (Å²) in [5.74, 6) is -1.46. The van der Waals surface area contributed by atoms with Crippen LogP contribution in [0.15, 0.2) is 145 Å². The Morgan fingerprint density at radius 1 is 0.518 bits per heavy atom. The van der Waals surface area contributed by atoms with Crippen LogP contribution in [0, 0.1) is 19.8 Å². The van der Waals surface area contributed by atoms with E-state index in [2.05, 4.69) is 193 Å². The van der Waals surface area contributed by atoms with Crippen LogP contribution >= 0.6 is 17.0 Å². The van der Waals surface area contributed by atoms with Crippen LogP contribution in [0.4, 0.5) is 0 Å². The van der Waals surface area contributed by atoms with Gasteiger partial charge in [-0.05, 0) is 0 Å². The van der Waals surface area contributed by atoms with E-state index in [9.17, 15) is 0 Å². The average molecular weight is 864 g/mol. The van der Waals surface area contributed by atoms with E-state index in [0.717, 1.165) is 0 Å². The molecule has 0 bridgehead atoms. The maximum absolute atomic E-state index is 8.92. The van der Waals surface area contributed by atoms with Crippen LogP contribution in [-0.4, -0.2) is 5.92 Å². The molecular formula is C52H49Cl2SiZr. The Labute approximate surface area is 341 Å². The van der Waals surface area contributed by atoms with Crippen molar-refractivity contribution >= 4 is 56.6 Å². The van der Waals surface area contributed by atoms with Crippen LogP contribution in [0.25, 0.3) is 67.1 Å². The molecule has 2 atom stereocenters. The summed E-state index contributed by atoms with van der Waals surface area (Å²) in [4.78, 5) is 0. The molecule has 0 saturated heterocycles. The van der Waals surface area contributed by atoms with Crippen LogP contribution in [-0.2, 0) is 15.6 Å². The fourth-order valence-corrected chi connectivity index (χ4v) is 42.6. The quantitative estimate of drug-likeness (QED) is 0.140. The Kier molecular flexibility index (Phi) is 9.41. The van der Waals surface area contributed by atoms with Gasteiger partial charge in [0.25, 0.3) is 0 Å². The van der Waals surface area contributed by atoms with Gasteiger partial charge in [0.05, 0.1) is 0 Å². The molecule has 0 fully saturated rings. The Hall–Kier alpha value is -3.78. The molecule has 2 unspecified atom stereocenters. The zero-order chi connectivity index (χ0) is 39.1. The first-order chi connectivity index (χ1) is 26.8. The summed E-state index contributed by atoms with van der Waals surface area (Å²) in [6.07, 6.45) is 4.95. The van der Waals surface area contributed by atoms with Gasteiger partial charge in [0, 0.05) is 0 Å². The summed E-state index contributed by atoms with van der Waals surface area (Å²) < 4.78 is 0.00174. The van der Waals surface area contributed by atoms with Crippen LogP contribution < -0.4 is 0 Å². The van der Waals surface area contributed by atoms with Crippen molar-refractivity contribution in [3.8, 4) is 33.4 Å². The molecule has 7 aromatic rings. The summed E-state index contributed by atoms with van der Waals surface area (Å²) >= 11 is -5.06. The number of benzene rings is 7. The monoisotopic (exact) mass is 861 g/mol. The summed E-state index contributed by atoms with van der Waals surface area (Å²) in [7, 11) is 17.8. The SMILES string of the molecule is CC1=Cc2c(-c3cccc4ccccc34)cc(-c3cccc4ccccc34)cc2[CH]1[Zr]([Cl])([Cl])([CH]1C(C(C)C)=Cc2c(-c3cc(C)cc(C)c3)cccc21)[SiH](C)C. The summed E-state index contributed by atoms with van der Waals surface area (Å²) in [5, 5.41) is 5.00. The summed E-state index contributed by atoms with van der Waals surface area (Å²) in [5.41, 5.74) is 18.0. The maximum atomic E-state index is 8.92. The minimum atomic E-state index is -5.06. The number of allylic oxidation sites excluding steroid dienone is 2. The molecule has 0 radical (unpaired) electrons. The van der Waals surface area contributed by atoms with Crippen molar-refractivity contribution in [1.82, 2.24) is 0 Å². The molecule has 4 heteroatoms. The Bertz CT molecular complexity index is 2770. The molecule has 0 N–H and O–H groups in total. The molecule has 2 aliphatic carbocycles. The second-order valence-electron chi connectivity index (χ2n) is 17.2. The first-order valence-electron chi connectivity index (χ1n) is 20.2. The second kappa shape index (κ2) is 14.0. The number of halogens is 2. The van der Waals surface area contributed by atoms with Gasteiger partial charge in [-0.2, -0.15) is 0 Å². The van der Waals surface area contributed by atoms with E-state index in [-0.39, 0.29) is 7.25 Å². The van der Waals surface area contributed by atoms with E-state index < -0.39 is 21.5 Å². The van der Waals surface area contributed by atoms with E-state index in [0.29, 0.717) is 5.92 Å². The fraction of sp³-hybridized carbons (Fsp3) is 0.192. The number of aryl methyl sites for hydroxylation is 2. The van der Waals surface area contributed by atoms with Crippen molar-refractivity contribution in [3.05, 3.63) is 178 Å². The van der Waals surface area contributed by atoms with Crippen molar-refractivity contribution < 1.29 is 15.6 Å². The Balaban J connectivity index is 1.33. The average Bonchev–Trinajstić information content (AvgIpc) is 3.76. The summed E-state index contributed by atoms with van der Waals surface area (Å²) in [6, 6.07) is 49.7. The van der Waals surface area contributed by atoms with E-state index in [1.165, 1.54) is 99.5 Å². The van der Waals surface area contributed by atoms with E-state index in [4.69, 9.17) is 17.0 Å². The standard InChI is InChI=1S/C30H21.C20H21.C2H7Si.2ClH.Zr/c1-20-16-23-18-24(27-14-6-10-21-8-2-4-12-25(21)27)19-30(29(23)17-20)28-15-7-11-22-9-3-5-13-26(22)28;1-13(2)17-11-16-6-5-7-19(20(16)12-17)18-9-14(3)8-15(4)10-18;1-3-2;;;/h2-19H,1H3;5-13H,1-4H3;3H,1-2H3;2*1H;/q;;;;;+2/p-2. The van der Waals surface area contributed by atoms with Gasteiger partial charge in [-0.15, -0.1) is 0 Å². The molecule has 0 aromatic heterocycles. The van der Waals surface area contributed by atoms with Gasteiger partial charge in [0.1, 0.15) is 0 Å². The van der Waals surface area contributed by atoms with Gasteiger partial charge in [0.2, 0.25) is 0 Å². The topological polar surface area (TPSA) is 0 Å². The third-order valence-corrected chi connectivity index (χ3v) is 65.0. The minimum absolute atomic E-state index is 0.0203. The van der Waals surface area contributed by atoms with Crippen LogP contribution in [0.3, 0.4) is 0 Å². The number of rotatable bonds is 7. The van der Waals surface area contributed by atoms with Gasteiger partial charge in [-0.1, -0.05) is 0 Å². The summed E-state index contributed by atoms with van der Waals surface area (Å²) in [6.45, 7) is 16.3. The molecule has 2 aliphatic rings. The zero-order valence-corrected chi connectivity index (χ0v) is 38.5. The van der Waals surface area contributed by atoms with Crippen molar-refractivity contribution in [3.63, 3.8) is 0 Å². The molecule has 9 rings (SSSR count). The zero-order valence-electron chi connectivity index (χ0n) is 33.4. The van der Waals surface area contributed by atoms with Crippen LogP contribution in [0.5, 0.6) is 0 Å². The first kappa shape index (κ1) is 37.8. The van der Waals surface area contributed by atoms with Crippen molar-refractivity contribution in [1.29, 1.82) is 0 Å². The van der Waals surface area contributed by atoms with E-state index in [1.54, 1.807) is 0 Å². The normalized spacial score (nSPS) is 17.2. The molecule has 0 aliphatic heterocycles. The van der Waals surface area contributed by atoms with Crippen molar-refractivity contribution in [2.75, 3.05) is 0 Å². The third kappa shape index (κ3) is 5.85. The number of hydrogen-bond donors (Lipinski definition) is 0. The molecule has 7 aromatic carbocycles. The predicted octanol–water partition coefficient (Wildman–Crippen LogP) is 15.8. The van der Waals surface area contributed by atoms with Gasteiger partial charge in [-0.3, -0.25) is 0 Å². The van der Waals surface area contributed by atoms with Crippen LogP contribution in [0.1, 0.15) is 61.4 Å². The van der Waals surface area contributed by atoms with Gasteiger partial charge < -0.3 is 0 Å². The van der Waals surface area contributed by atoms with E-state index >= 15 is 0 Å². The van der Waals surface area contributed by atoms with Gasteiger partial charge in [-0.25, -0.2) is 0 Å². The second-order valence-corrected chi connectivity index (χ2v) is 59.7.